The largest absolute Gasteiger partial charge is 0.455 e. The summed E-state index contributed by atoms with van der Waals surface area (Å²) >= 11 is 0. The normalized spacial score (nSPS) is 32.4. The van der Waals surface area contributed by atoms with Gasteiger partial charge in [-0.3, -0.25) is 19.2 Å². The number of likely N-dealkylation sites (tertiary alicyclic amines) is 1. The van der Waals surface area contributed by atoms with E-state index < -0.39 is 71.8 Å². The number of hydrogen-bond acceptors (Lipinski definition) is 7. The van der Waals surface area contributed by atoms with E-state index in [-0.39, 0.29) is 24.8 Å². The van der Waals surface area contributed by atoms with E-state index >= 15 is 0 Å². The molecule has 0 aliphatic carbocycles. The third-order valence-corrected chi connectivity index (χ3v) is 10.4. The molecule has 2 aromatic carbocycles. The summed E-state index contributed by atoms with van der Waals surface area (Å²) in [4.78, 5) is 62.2. The third kappa shape index (κ3) is 5.64. The highest BCUT2D eigenvalue weighted by molar-refractivity contribution is 5.99. The summed E-state index contributed by atoms with van der Waals surface area (Å²) in [5.41, 5.74) is -0.743. The van der Waals surface area contributed by atoms with E-state index in [2.05, 4.69) is 0 Å². The summed E-state index contributed by atoms with van der Waals surface area (Å²) in [6.45, 7) is 7.40. The van der Waals surface area contributed by atoms with E-state index in [4.69, 9.17) is 9.47 Å². The van der Waals surface area contributed by atoms with Crippen LogP contribution in [0.3, 0.4) is 0 Å². The van der Waals surface area contributed by atoms with Crippen LogP contribution in [0.2, 0.25) is 0 Å². The molecule has 4 heterocycles. The van der Waals surface area contributed by atoms with Gasteiger partial charge in [-0.15, -0.1) is 0 Å². The summed E-state index contributed by atoms with van der Waals surface area (Å²) in [5.74, 6) is -3.66. The first kappa shape index (κ1) is 33.6. The van der Waals surface area contributed by atoms with Gasteiger partial charge >= 0.3 is 5.97 Å². The second-order valence-corrected chi connectivity index (χ2v) is 14.2. The molecule has 0 saturated carbocycles. The Kier molecular flexibility index (Phi) is 9.08. The highest BCUT2D eigenvalue weighted by Crippen LogP contribution is 2.57. The Morgan fingerprint density at radius 2 is 1.62 bits per heavy atom. The summed E-state index contributed by atoms with van der Waals surface area (Å²) in [5, 5.41) is 10.8. The molecule has 0 unspecified atom stereocenters. The van der Waals surface area contributed by atoms with Gasteiger partial charge in [-0.1, -0.05) is 85.0 Å². The molecule has 8 atom stereocenters. The molecule has 1 spiro atoms. The van der Waals surface area contributed by atoms with Crippen molar-refractivity contribution in [2.75, 3.05) is 20.2 Å². The molecule has 6 rings (SSSR count). The second-order valence-electron chi connectivity index (χ2n) is 14.2. The number of ether oxygens (including phenoxy) is 2. The van der Waals surface area contributed by atoms with Crippen LogP contribution < -0.4 is 0 Å². The van der Waals surface area contributed by atoms with Crippen molar-refractivity contribution in [1.29, 1.82) is 0 Å². The number of benzene rings is 2. The number of carbonyl (C=O) groups is 4. The Hall–Kier alpha value is -4.28. The first-order valence-electron chi connectivity index (χ1n) is 16.7. The van der Waals surface area contributed by atoms with Gasteiger partial charge < -0.3 is 29.3 Å². The average molecular weight is 656 g/mol. The topological polar surface area (TPSA) is 117 Å². The Labute approximate surface area is 282 Å². The van der Waals surface area contributed by atoms with Crippen LogP contribution in [0.1, 0.15) is 63.8 Å². The summed E-state index contributed by atoms with van der Waals surface area (Å²) < 4.78 is 12.9. The van der Waals surface area contributed by atoms with Crippen molar-refractivity contribution in [2.24, 2.45) is 11.8 Å². The number of aliphatic hydroxyl groups excluding tert-OH is 1. The van der Waals surface area contributed by atoms with Crippen LogP contribution >= 0.6 is 0 Å². The van der Waals surface area contributed by atoms with Crippen LogP contribution in [0.4, 0.5) is 0 Å². The van der Waals surface area contributed by atoms with Crippen molar-refractivity contribution < 1.29 is 33.8 Å². The molecule has 0 aromatic heterocycles. The standard InChI is InChI=1S/C38H45N3O7/c1-24-32(26-17-11-7-12-18-26)47-36(46)30-28-20-21-38(48-28)31(30)34(44)41(27(23-42)25-15-9-6-10-16-25)33(38)35(45)40(37(2,3)4)22-14-8-13-19-29(43)39(24)5/h6-12,14-18,20-21,24,27-28,30-33,42H,13,19,22-23H2,1-5H3/b14-8-/t24-,27-,28+,30-,31-,32+,33+,38-/m1/s1. The molecule has 3 amide bonds. The van der Waals surface area contributed by atoms with Crippen molar-refractivity contribution in [1.82, 2.24) is 14.7 Å². The van der Waals surface area contributed by atoms with Gasteiger partial charge in [0, 0.05) is 25.6 Å². The number of nitrogens with zero attached hydrogens (tertiary/aromatic N) is 3. The zero-order valence-corrected chi connectivity index (χ0v) is 28.2. The highest BCUT2D eigenvalue weighted by atomic mass is 16.6. The Morgan fingerprint density at radius 1 is 0.958 bits per heavy atom. The number of rotatable bonds is 4. The zero-order valence-electron chi connectivity index (χ0n) is 28.2. The first-order valence-corrected chi connectivity index (χ1v) is 16.7. The minimum absolute atomic E-state index is 0.108. The molecule has 48 heavy (non-hydrogen) atoms. The Bertz CT molecular complexity index is 1600. The van der Waals surface area contributed by atoms with Gasteiger partial charge in [0.05, 0.1) is 30.7 Å². The predicted molar refractivity (Wildman–Crippen MR) is 178 cm³/mol. The lowest BCUT2D eigenvalue weighted by Gasteiger charge is -2.43. The minimum Gasteiger partial charge on any atom is -0.455 e. The fourth-order valence-corrected chi connectivity index (χ4v) is 7.77. The van der Waals surface area contributed by atoms with Gasteiger partial charge in [-0.25, -0.2) is 0 Å². The molecule has 10 nitrogen and oxygen atoms in total. The molecular formula is C38H45N3O7. The van der Waals surface area contributed by atoms with Crippen LogP contribution in [0.15, 0.2) is 85.0 Å². The fraction of sp³-hybridized carbons (Fsp3) is 0.474. The van der Waals surface area contributed by atoms with Crippen molar-refractivity contribution in [3.8, 4) is 0 Å². The van der Waals surface area contributed by atoms with E-state index in [1.807, 2.05) is 101 Å². The number of likely N-dealkylation sites (N-methyl/N-ethyl adjacent to an activating group) is 1. The number of carbonyl (C=O) groups excluding carboxylic acids is 4. The monoisotopic (exact) mass is 655 g/mol. The van der Waals surface area contributed by atoms with Gasteiger partial charge in [-0.05, 0) is 45.2 Å². The second kappa shape index (κ2) is 13.0. The molecule has 4 aliphatic rings. The van der Waals surface area contributed by atoms with Gasteiger partial charge in [0.15, 0.2) is 0 Å². The molecule has 2 saturated heterocycles. The number of allylic oxidation sites excluding steroid dienone is 1. The lowest BCUT2D eigenvalue weighted by molar-refractivity contribution is -0.164. The van der Waals surface area contributed by atoms with Crippen molar-refractivity contribution in [2.45, 2.75) is 82.0 Å². The van der Waals surface area contributed by atoms with Crippen LogP contribution in [0.25, 0.3) is 0 Å². The number of esters is 1. The SMILES string of the molecule is C[C@@H]1[C@@H](c2ccccc2)OC(=O)[C@@H]2[C@@H]3C=C[C@]4(O3)[C@H](C(=O)N(C(C)(C)C)C/C=C\CCC(=O)N1C)N([C@H](CO)c1ccccc1)C(=O)[C@@H]24. The molecule has 2 aromatic rings. The van der Waals surface area contributed by atoms with Crippen molar-refractivity contribution in [3.05, 3.63) is 96.1 Å². The maximum Gasteiger partial charge on any atom is 0.313 e. The molecule has 1 N–H and O–H groups in total. The third-order valence-electron chi connectivity index (χ3n) is 10.4. The van der Waals surface area contributed by atoms with E-state index in [9.17, 15) is 24.3 Å². The molecule has 0 radical (unpaired) electrons. The van der Waals surface area contributed by atoms with Crippen LogP contribution in [-0.2, 0) is 28.7 Å². The Morgan fingerprint density at radius 3 is 2.27 bits per heavy atom. The van der Waals surface area contributed by atoms with Crippen molar-refractivity contribution in [3.63, 3.8) is 0 Å². The van der Waals surface area contributed by atoms with Crippen molar-refractivity contribution >= 4 is 23.7 Å². The van der Waals surface area contributed by atoms with E-state index in [0.717, 1.165) is 0 Å². The van der Waals surface area contributed by atoms with E-state index in [0.29, 0.717) is 17.5 Å². The summed E-state index contributed by atoms with van der Waals surface area (Å²) in [6.07, 6.45) is 6.36. The zero-order chi connectivity index (χ0) is 34.4. The van der Waals surface area contributed by atoms with Gasteiger partial charge in [0.25, 0.3) is 0 Å². The molecular weight excluding hydrogens is 610 g/mol. The maximum atomic E-state index is 15.0. The number of aliphatic hydroxyl groups is 1. The summed E-state index contributed by atoms with van der Waals surface area (Å²) in [6, 6.07) is 15.8. The molecule has 10 heteroatoms. The maximum absolute atomic E-state index is 15.0. The average Bonchev–Trinajstić information content (AvgIpc) is 3.72. The molecule has 5 bridgehead atoms. The van der Waals surface area contributed by atoms with Crippen LogP contribution in [-0.4, -0.2) is 93.0 Å². The lowest BCUT2D eigenvalue weighted by atomic mass is 9.74. The number of cyclic esters (lactones) is 1. The number of fused-ring (bicyclic) bond motifs is 2. The van der Waals surface area contributed by atoms with Crippen LogP contribution in [0, 0.1) is 11.8 Å². The number of amides is 3. The van der Waals surface area contributed by atoms with Gasteiger partial charge in [-0.2, -0.15) is 0 Å². The summed E-state index contributed by atoms with van der Waals surface area (Å²) in [7, 11) is 1.70. The van der Waals surface area contributed by atoms with Gasteiger partial charge in [0.1, 0.15) is 23.7 Å². The predicted octanol–water partition coefficient (Wildman–Crippen LogP) is 3.98. The van der Waals surface area contributed by atoms with E-state index in [1.54, 1.807) is 29.0 Å². The molecule has 4 aliphatic heterocycles. The minimum atomic E-state index is -1.45. The highest BCUT2D eigenvalue weighted by Gasteiger charge is 2.74. The Balaban J connectivity index is 1.50. The lowest BCUT2D eigenvalue weighted by Crippen LogP contribution is -2.60. The van der Waals surface area contributed by atoms with Gasteiger partial charge in [0.2, 0.25) is 17.7 Å². The fourth-order valence-electron chi connectivity index (χ4n) is 7.77. The first-order chi connectivity index (χ1) is 22.9. The van der Waals surface area contributed by atoms with Crippen LogP contribution in [0.5, 0.6) is 0 Å². The van der Waals surface area contributed by atoms with E-state index in [1.165, 1.54) is 4.90 Å². The number of hydrogen-bond donors (Lipinski definition) is 1. The molecule has 2 fully saturated rings. The molecule has 254 valence electrons. The smallest absolute Gasteiger partial charge is 0.313 e. The quantitative estimate of drug-likeness (QED) is 0.392.